The SMILES string of the molecule is COc1cc(O)cc(OC)c1C(/C=C/c1ccccc1)C(=O)O. The second-order valence-corrected chi connectivity index (χ2v) is 4.85. The van der Waals surface area contributed by atoms with Crippen LogP contribution in [0.3, 0.4) is 0 Å². The van der Waals surface area contributed by atoms with Crippen molar-refractivity contribution < 1.29 is 24.5 Å². The quantitative estimate of drug-likeness (QED) is 0.855. The molecule has 5 heteroatoms. The lowest BCUT2D eigenvalue weighted by Crippen LogP contribution is -2.12. The van der Waals surface area contributed by atoms with Gasteiger partial charge in [0.05, 0.1) is 19.8 Å². The molecule has 120 valence electrons. The number of carboxylic acids is 1. The first-order valence-corrected chi connectivity index (χ1v) is 6.97. The molecule has 0 aliphatic carbocycles. The first-order valence-electron chi connectivity index (χ1n) is 6.97. The molecule has 5 nitrogen and oxygen atoms in total. The first kappa shape index (κ1) is 16.4. The summed E-state index contributed by atoms with van der Waals surface area (Å²) in [5.74, 6) is -1.56. The first-order chi connectivity index (χ1) is 11.1. The van der Waals surface area contributed by atoms with Gasteiger partial charge in [0, 0.05) is 12.1 Å². The number of methoxy groups -OCH3 is 2. The van der Waals surface area contributed by atoms with Crippen molar-refractivity contribution in [1.82, 2.24) is 0 Å². The van der Waals surface area contributed by atoms with Crippen LogP contribution in [0.25, 0.3) is 6.08 Å². The Balaban J connectivity index is 2.50. The largest absolute Gasteiger partial charge is 0.508 e. The van der Waals surface area contributed by atoms with E-state index in [-0.39, 0.29) is 17.2 Å². The maximum Gasteiger partial charge on any atom is 0.315 e. The molecular formula is C18H18O5. The van der Waals surface area contributed by atoms with Gasteiger partial charge in [-0.2, -0.15) is 0 Å². The number of phenolic OH excluding ortho intramolecular Hbond substituents is 1. The number of rotatable bonds is 6. The number of hydrogen-bond donors (Lipinski definition) is 2. The number of aromatic hydroxyl groups is 1. The van der Waals surface area contributed by atoms with E-state index in [1.807, 2.05) is 30.3 Å². The van der Waals surface area contributed by atoms with E-state index in [9.17, 15) is 15.0 Å². The summed E-state index contributed by atoms with van der Waals surface area (Å²) in [6.07, 6.45) is 3.29. The number of carboxylic acid groups (broad SMARTS) is 1. The van der Waals surface area contributed by atoms with Gasteiger partial charge in [-0.05, 0) is 5.56 Å². The van der Waals surface area contributed by atoms with Gasteiger partial charge in [0.15, 0.2) is 0 Å². The zero-order valence-electron chi connectivity index (χ0n) is 12.9. The maximum absolute atomic E-state index is 11.7. The second kappa shape index (κ2) is 7.35. The van der Waals surface area contributed by atoms with Gasteiger partial charge >= 0.3 is 5.97 Å². The van der Waals surface area contributed by atoms with Crippen molar-refractivity contribution in [3.05, 3.63) is 59.7 Å². The van der Waals surface area contributed by atoms with E-state index in [0.29, 0.717) is 5.56 Å². The molecule has 0 aromatic heterocycles. The summed E-state index contributed by atoms with van der Waals surface area (Å²) in [6.45, 7) is 0. The molecule has 0 saturated carbocycles. The van der Waals surface area contributed by atoms with Gasteiger partial charge in [-0.1, -0.05) is 42.5 Å². The average Bonchev–Trinajstić information content (AvgIpc) is 2.56. The molecule has 2 aromatic carbocycles. The van der Waals surface area contributed by atoms with E-state index in [0.717, 1.165) is 5.56 Å². The van der Waals surface area contributed by atoms with Crippen LogP contribution >= 0.6 is 0 Å². The molecule has 0 aliphatic rings. The summed E-state index contributed by atoms with van der Waals surface area (Å²) < 4.78 is 10.4. The highest BCUT2D eigenvalue weighted by Crippen LogP contribution is 2.39. The monoisotopic (exact) mass is 314 g/mol. The fraction of sp³-hybridized carbons (Fsp3) is 0.167. The Morgan fingerprint density at radius 2 is 1.65 bits per heavy atom. The van der Waals surface area contributed by atoms with E-state index >= 15 is 0 Å². The number of hydrogen-bond acceptors (Lipinski definition) is 4. The third-order valence-corrected chi connectivity index (χ3v) is 3.39. The van der Waals surface area contributed by atoms with Gasteiger partial charge in [0.2, 0.25) is 0 Å². The zero-order chi connectivity index (χ0) is 16.8. The molecule has 0 fully saturated rings. The summed E-state index contributed by atoms with van der Waals surface area (Å²) in [7, 11) is 2.83. The van der Waals surface area contributed by atoms with Gasteiger partial charge in [-0.3, -0.25) is 4.79 Å². The van der Waals surface area contributed by atoms with Crippen LogP contribution in [0.5, 0.6) is 17.2 Å². The molecule has 0 saturated heterocycles. The molecule has 0 heterocycles. The van der Waals surface area contributed by atoms with Crippen LogP contribution in [0.1, 0.15) is 17.0 Å². The van der Waals surface area contributed by atoms with Crippen molar-refractivity contribution in [3.8, 4) is 17.2 Å². The Morgan fingerprint density at radius 3 is 2.13 bits per heavy atom. The van der Waals surface area contributed by atoms with Crippen LogP contribution in [0, 0.1) is 0 Å². The molecular weight excluding hydrogens is 296 g/mol. The summed E-state index contributed by atoms with van der Waals surface area (Å²) in [4.78, 5) is 11.7. The molecule has 2 rings (SSSR count). The standard InChI is InChI=1S/C18H18O5/c1-22-15-10-13(19)11-16(23-2)17(15)14(18(20)21)9-8-12-6-4-3-5-7-12/h3-11,14,19H,1-2H3,(H,20,21)/b9-8+. The minimum absolute atomic E-state index is 0.0568. The van der Waals surface area contributed by atoms with Gasteiger partial charge in [-0.25, -0.2) is 0 Å². The summed E-state index contributed by atoms with van der Waals surface area (Å²) in [5.41, 5.74) is 1.24. The molecule has 0 spiro atoms. The molecule has 0 radical (unpaired) electrons. The fourth-order valence-electron chi connectivity index (χ4n) is 2.31. The van der Waals surface area contributed by atoms with Crippen molar-refractivity contribution in [2.24, 2.45) is 0 Å². The van der Waals surface area contributed by atoms with E-state index < -0.39 is 11.9 Å². The molecule has 2 aromatic rings. The Morgan fingerprint density at radius 1 is 1.09 bits per heavy atom. The summed E-state index contributed by atoms with van der Waals surface area (Å²) in [6, 6.07) is 12.1. The van der Waals surface area contributed by atoms with Gasteiger partial charge in [0.25, 0.3) is 0 Å². The normalized spacial score (nSPS) is 12.1. The van der Waals surface area contributed by atoms with Gasteiger partial charge in [-0.15, -0.1) is 0 Å². The highest BCUT2D eigenvalue weighted by atomic mass is 16.5. The second-order valence-electron chi connectivity index (χ2n) is 4.85. The van der Waals surface area contributed by atoms with E-state index in [1.165, 1.54) is 26.4 Å². The van der Waals surface area contributed by atoms with E-state index in [2.05, 4.69) is 0 Å². The Labute approximate surface area is 134 Å². The number of ether oxygens (including phenoxy) is 2. The number of carbonyl (C=O) groups is 1. The van der Waals surface area contributed by atoms with E-state index in [1.54, 1.807) is 12.2 Å². The zero-order valence-corrected chi connectivity index (χ0v) is 12.9. The van der Waals surface area contributed by atoms with Crippen molar-refractivity contribution in [3.63, 3.8) is 0 Å². The third-order valence-electron chi connectivity index (χ3n) is 3.39. The minimum atomic E-state index is -1.04. The molecule has 0 amide bonds. The molecule has 2 N–H and O–H groups in total. The van der Waals surface area contributed by atoms with Crippen molar-refractivity contribution >= 4 is 12.0 Å². The highest BCUT2D eigenvalue weighted by molar-refractivity contribution is 5.82. The lowest BCUT2D eigenvalue weighted by Gasteiger charge is -2.17. The van der Waals surface area contributed by atoms with Crippen LogP contribution < -0.4 is 9.47 Å². The summed E-state index contributed by atoms with van der Waals surface area (Å²) >= 11 is 0. The molecule has 23 heavy (non-hydrogen) atoms. The van der Waals surface area contributed by atoms with Gasteiger partial charge in [0.1, 0.15) is 23.2 Å². The number of benzene rings is 2. The van der Waals surface area contributed by atoms with Crippen LogP contribution in [0.15, 0.2) is 48.5 Å². The van der Waals surface area contributed by atoms with Crippen LogP contribution in [-0.4, -0.2) is 30.4 Å². The van der Waals surface area contributed by atoms with Crippen LogP contribution in [0.4, 0.5) is 0 Å². The van der Waals surface area contributed by atoms with E-state index in [4.69, 9.17) is 9.47 Å². The van der Waals surface area contributed by atoms with Gasteiger partial charge < -0.3 is 19.7 Å². The minimum Gasteiger partial charge on any atom is -0.508 e. The number of aliphatic carboxylic acids is 1. The Bertz CT molecular complexity index is 682. The molecule has 0 bridgehead atoms. The maximum atomic E-state index is 11.7. The molecule has 0 aliphatic heterocycles. The predicted molar refractivity (Wildman–Crippen MR) is 87.1 cm³/mol. The summed E-state index contributed by atoms with van der Waals surface area (Å²) in [5, 5.41) is 19.3. The highest BCUT2D eigenvalue weighted by Gasteiger charge is 2.26. The molecule has 1 atom stereocenters. The third kappa shape index (κ3) is 3.83. The van der Waals surface area contributed by atoms with Crippen molar-refractivity contribution in [2.75, 3.05) is 14.2 Å². The Kier molecular flexibility index (Phi) is 5.25. The lowest BCUT2D eigenvalue weighted by molar-refractivity contribution is -0.137. The number of phenols is 1. The lowest BCUT2D eigenvalue weighted by atomic mass is 9.95. The fourth-order valence-corrected chi connectivity index (χ4v) is 2.31. The predicted octanol–water partition coefficient (Wildman–Crippen LogP) is 3.29. The Hall–Kier alpha value is -2.95. The van der Waals surface area contributed by atoms with Crippen molar-refractivity contribution in [2.45, 2.75) is 5.92 Å². The molecule has 1 unspecified atom stereocenters. The van der Waals surface area contributed by atoms with Crippen molar-refractivity contribution in [1.29, 1.82) is 0 Å². The smallest absolute Gasteiger partial charge is 0.315 e. The average molecular weight is 314 g/mol. The topological polar surface area (TPSA) is 76.0 Å². The van der Waals surface area contributed by atoms with Crippen LogP contribution in [0.2, 0.25) is 0 Å². The van der Waals surface area contributed by atoms with Crippen LogP contribution in [-0.2, 0) is 4.79 Å².